The Kier molecular flexibility index (Phi) is 5.64. The van der Waals surface area contributed by atoms with Crippen LogP contribution in [0.4, 0.5) is 0 Å². The molecule has 0 aliphatic heterocycles. The largest absolute Gasteiger partial charge is 0.508 e. The summed E-state index contributed by atoms with van der Waals surface area (Å²) >= 11 is 1.49. The topological polar surface area (TPSA) is 87.0 Å². The van der Waals surface area contributed by atoms with Gasteiger partial charge in [0.25, 0.3) is 0 Å². The second-order valence-corrected chi connectivity index (χ2v) is 8.04. The molecule has 0 aliphatic rings. The third-order valence-electron chi connectivity index (χ3n) is 4.85. The fourth-order valence-electron chi connectivity index (χ4n) is 3.23. The molecular formula is C25H20O5S. The summed E-state index contributed by atoms with van der Waals surface area (Å²) in [5, 5.41) is 29.6. The molecular weight excluding hydrogens is 412 g/mol. The van der Waals surface area contributed by atoms with Gasteiger partial charge >= 0.3 is 5.97 Å². The van der Waals surface area contributed by atoms with Crippen LogP contribution < -0.4 is 4.74 Å². The number of benzene rings is 3. The molecule has 4 aromatic rings. The number of ether oxygens (including phenoxy) is 1. The van der Waals surface area contributed by atoms with Crippen molar-refractivity contribution >= 4 is 33.5 Å². The van der Waals surface area contributed by atoms with Gasteiger partial charge in [-0.15, -0.1) is 11.3 Å². The molecule has 6 heteroatoms. The molecule has 0 fully saturated rings. The Balaban J connectivity index is 1.73. The highest BCUT2D eigenvalue weighted by molar-refractivity contribution is 7.22. The van der Waals surface area contributed by atoms with Crippen LogP contribution in [0.5, 0.6) is 23.0 Å². The van der Waals surface area contributed by atoms with Gasteiger partial charge in [-0.05, 0) is 78.2 Å². The van der Waals surface area contributed by atoms with Gasteiger partial charge in [-0.25, -0.2) is 4.79 Å². The average Bonchev–Trinajstić information content (AvgIpc) is 3.10. The number of aliphatic carboxylic acids is 1. The van der Waals surface area contributed by atoms with Crippen molar-refractivity contribution in [3.8, 4) is 33.4 Å². The van der Waals surface area contributed by atoms with Crippen molar-refractivity contribution < 1.29 is 24.9 Å². The van der Waals surface area contributed by atoms with Gasteiger partial charge in [0.1, 0.15) is 17.2 Å². The molecule has 3 N–H and O–H groups in total. The summed E-state index contributed by atoms with van der Waals surface area (Å²) in [4.78, 5) is 12.1. The molecule has 0 saturated carbocycles. The van der Waals surface area contributed by atoms with Crippen LogP contribution in [0, 0.1) is 0 Å². The minimum Gasteiger partial charge on any atom is -0.508 e. The van der Waals surface area contributed by atoms with Crippen LogP contribution >= 0.6 is 11.3 Å². The van der Waals surface area contributed by atoms with E-state index in [9.17, 15) is 20.1 Å². The molecule has 0 atom stereocenters. The molecule has 0 unspecified atom stereocenters. The van der Waals surface area contributed by atoms with E-state index in [2.05, 4.69) is 0 Å². The number of carboxylic acid groups (broad SMARTS) is 1. The maximum Gasteiger partial charge on any atom is 0.331 e. The molecule has 0 aliphatic carbocycles. The second-order valence-electron chi connectivity index (χ2n) is 6.99. The van der Waals surface area contributed by atoms with Crippen molar-refractivity contribution in [2.45, 2.75) is 13.3 Å². The number of fused-ring (bicyclic) bond motifs is 1. The Labute approximate surface area is 183 Å². The zero-order valence-electron chi connectivity index (χ0n) is 16.7. The SMILES string of the molecule is CCC(=Cc1ccc(Oc2c(-c3ccc(O)cc3)sc3cc(O)ccc23)cc1)C(=O)O. The number of phenols is 2. The molecule has 1 heterocycles. The van der Waals surface area contributed by atoms with Crippen LogP contribution in [-0.4, -0.2) is 21.3 Å². The Hall–Kier alpha value is -3.77. The lowest BCUT2D eigenvalue weighted by Gasteiger charge is -2.09. The Bertz CT molecular complexity index is 1270. The summed E-state index contributed by atoms with van der Waals surface area (Å²) in [5.41, 5.74) is 2.01. The molecule has 3 aromatic carbocycles. The van der Waals surface area contributed by atoms with E-state index >= 15 is 0 Å². The summed E-state index contributed by atoms with van der Waals surface area (Å²) in [5.74, 6) is 0.710. The minimum absolute atomic E-state index is 0.179. The minimum atomic E-state index is -0.922. The molecule has 31 heavy (non-hydrogen) atoms. The van der Waals surface area contributed by atoms with E-state index in [1.54, 1.807) is 42.5 Å². The Morgan fingerprint density at radius 3 is 2.29 bits per heavy atom. The maximum atomic E-state index is 11.2. The van der Waals surface area contributed by atoms with E-state index in [1.165, 1.54) is 11.3 Å². The number of carboxylic acids is 1. The van der Waals surface area contributed by atoms with Crippen LogP contribution in [0.15, 0.2) is 72.3 Å². The van der Waals surface area contributed by atoms with E-state index in [1.807, 2.05) is 37.3 Å². The normalized spacial score (nSPS) is 11.6. The fraction of sp³-hybridized carbons (Fsp3) is 0.0800. The maximum absolute atomic E-state index is 11.2. The summed E-state index contributed by atoms with van der Waals surface area (Å²) < 4.78 is 7.13. The second kappa shape index (κ2) is 8.53. The van der Waals surface area contributed by atoms with Gasteiger partial charge in [-0.3, -0.25) is 0 Å². The van der Waals surface area contributed by atoms with Crippen LogP contribution in [0.2, 0.25) is 0 Å². The van der Waals surface area contributed by atoms with Gasteiger partial charge in [0, 0.05) is 15.7 Å². The fourth-order valence-corrected chi connectivity index (χ4v) is 4.40. The first kappa shape index (κ1) is 20.5. The van der Waals surface area contributed by atoms with Crippen molar-refractivity contribution in [2.75, 3.05) is 0 Å². The average molecular weight is 432 g/mol. The van der Waals surface area contributed by atoms with Crippen molar-refractivity contribution in [3.63, 3.8) is 0 Å². The van der Waals surface area contributed by atoms with Gasteiger partial charge in [0.15, 0.2) is 5.75 Å². The van der Waals surface area contributed by atoms with Crippen LogP contribution in [0.3, 0.4) is 0 Å². The van der Waals surface area contributed by atoms with Crippen LogP contribution in [0.25, 0.3) is 26.6 Å². The number of aromatic hydroxyl groups is 2. The Morgan fingerprint density at radius 1 is 0.968 bits per heavy atom. The Morgan fingerprint density at radius 2 is 1.65 bits per heavy atom. The summed E-state index contributed by atoms with van der Waals surface area (Å²) in [6, 6.07) is 19.2. The molecule has 1 aromatic heterocycles. The highest BCUT2D eigenvalue weighted by atomic mass is 32.1. The zero-order chi connectivity index (χ0) is 22.0. The lowest BCUT2D eigenvalue weighted by atomic mass is 10.1. The third-order valence-corrected chi connectivity index (χ3v) is 6.04. The van der Waals surface area contributed by atoms with Gasteiger partial charge < -0.3 is 20.1 Å². The molecule has 0 amide bonds. The smallest absolute Gasteiger partial charge is 0.331 e. The predicted octanol–water partition coefficient (Wildman–Crippen LogP) is 6.65. The quantitative estimate of drug-likeness (QED) is 0.297. The van der Waals surface area contributed by atoms with E-state index in [0.717, 1.165) is 26.1 Å². The van der Waals surface area contributed by atoms with Gasteiger partial charge in [-0.2, -0.15) is 0 Å². The monoisotopic (exact) mass is 432 g/mol. The standard InChI is InChI=1S/C25H20O5S/c1-2-16(25(28)29)13-15-3-10-20(11-4-15)30-23-21-12-9-19(27)14-22(21)31-24(23)17-5-7-18(26)8-6-17/h3-14,26-27H,2H2,1H3,(H,28,29). The molecule has 156 valence electrons. The lowest BCUT2D eigenvalue weighted by molar-refractivity contribution is -0.132. The number of rotatable bonds is 6. The van der Waals surface area contributed by atoms with Gasteiger partial charge in [0.05, 0.1) is 4.88 Å². The summed E-state index contributed by atoms with van der Waals surface area (Å²) in [7, 11) is 0. The molecule has 5 nitrogen and oxygen atoms in total. The first-order valence-electron chi connectivity index (χ1n) is 9.71. The van der Waals surface area contributed by atoms with Crippen LogP contribution in [0.1, 0.15) is 18.9 Å². The molecule has 0 radical (unpaired) electrons. The molecule has 0 bridgehead atoms. The van der Waals surface area contributed by atoms with Gasteiger partial charge in [0.2, 0.25) is 0 Å². The number of hydrogen-bond donors (Lipinski definition) is 3. The van der Waals surface area contributed by atoms with Crippen LogP contribution in [-0.2, 0) is 4.79 Å². The number of carbonyl (C=O) groups is 1. The van der Waals surface area contributed by atoms with Crippen molar-refractivity contribution in [1.29, 1.82) is 0 Å². The predicted molar refractivity (Wildman–Crippen MR) is 123 cm³/mol. The zero-order valence-corrected chi connectivity index (χ0v) is 17.5. The lowest BCUT2D eigenvalue weighted by Crippen LogP contribution is -1.98. The molecule has 0 spiro atoms. The van der Waals surface area contributed by atoms with Crippen molar-refractivity contribution in [3.05, 3.63) is 77.9 Å². The first-order chi connectivity index (χ1) is 14.9. The van der Waals surface area contributed by atoms with Crippen molar-refractivity contribution in [2.24, 2.45) is 0 Å². The number of hydrogen-bond acceptors (Lipinski definition) is 5. The van der Waals surface area contributed by atoms with E-state index < -0.39 is 5.97 Å². The first-order valence-corrected chi connectivity index (χ1v) is 10.5. The summed E-state index contributed by atoms with van der Waals surface area (Å²) in [6.45, 7) is 1.81. The summed E-state index contributed by atoms with van der Waals surface area (Å²) in [6.07, 6.45) is 2.09. The molecule has 4 rings (SSSR count). The number of thiophene rings is 1. The third kappa shape index (κ3) is 4.39. The van der Waals surface area contributed by atoms with E-state index in [0.29, 0.717) is 23.5 Å². The number of phenolic OH excluding ortho intramolecular Hbond substituents is 2. The van der Waals surface area contributed by atoms with E-state index in [-0.39, 0.29) is 11.5 Å². The van der Waals surface area contributed by atoms with Gasteiger partial charge in [-0.1, -0.05) is 19.1 Å². The highest BCUT2D eigenvalue weighted by Crippen LogP contribution is 2.47. The molecule has 0 saturated heterocycles. The van der Waals surface area contributed by atoms with E-state index in [4.69, 9.17) is 4.74 Å². The highest BCUT2D eigenvalue weighted by Gasteiger charge is 2.17. The van der Waals surface area contributed by atoms with Crippen molar-refractivity contribution in [1.82, 2.24) is 0 Å².